The van der Waals surface area contributed by atoms with Crippen molar-refractivity contribution in [1.82, 2.24) is 19.4 Å². The van der Waals surface area contributed by atoms with Crippen LogP contribution >= 0.6 is 0 Å². The highest BCUT2D eigenvalue weighted by atomic mass is 15.2. The number of hydrogen-bond donors (Lipinski definition) is 1. The van der Waals surface area contributed by atoms with Crippen molar-refractivity contribution in [3.05, 3.63) is 210 Å². The van der Waals surface area contributed by atoms with Gasteiger partial charge in [-0.1, -0.05) is 140 Å². The Balaban J connectivity index is 1.05. The smallest absolute Gasteiger partial charge is 0.137 e. The maximum Gasteiger partial charge on any atom is 0.137 e. The van der Waals surface area contributed by atoms with Crippen LogP contribution in [0, 0.1) is 0 Å². The molecule has 0 fully saturated rings. The van der Waals surface area contributed by atoms with Crippen LogP contribution in [0.1, 0.15) is 28.9 Å². The van der Waals surface area contributed by atoms with Crippen LogP contribution < -0.4 is 5.32 Å². The maximum atomic E-state index is 5.33. The van der Waals surface area contributed by atoms with Crippen LogP contribution in [0.25, 0.3) is 76.9 Å². The van der Waals surface area contributed by atoms with Gasteiger partial charge in [0.1, 0.15) is 5.82 Å². The molecule has 5 nitrogen and oxygen atoms in total. The Morgan fingerprint density at radius 2 is 1.11 bits per heavy atom. The minimum atomic E-state index is -0.282. The van der Waals surface area contributed by atoms with Crippen molar-refractivity contribution < 1.29 is 0 Å². The van der Waals surface area contributed by atoms with Crippen LogP contribution in [0.15, 0.2) is 188 Å². The number of nitrogens with zero attached hydrogens (tertiary/aromatic N) is 4. The van der Waals surface area contributed by atoms with Gasteiger partial charge in [0.05, 0.1) is 22.1 Å². The molecule has 0 amide bonds. The van der Waals surface area contributed by atoms with Crippen molar-refractivity contribution in [1.29, 1.82) is 0 Å². The molecule has 0 radical (unpaired) electrons. The van der Waals surface area contributed by atoms with Crippen LogP contribution in [0.3, 0.4) is 0 Å². The molecule has 2 unspecified atom stereocenters. The van der Waals surface area contributed by atoms with Gasteiger partial charge in [0.15, 0.2) is 0 Å². The van der Waals surface area contributed by atoms with E-state index in [1.807, 2.05) is 6.20 Å². The third-order valence-electron chi connectivity index (χ3n) is 11.0. The summed E-state index contributed by atoms with van der Waals surface area (Å²) in [5, 5.41) is 16.4. The summed E-state index contributed by atoms with van der Waals surface area (Å²) in [5.41, 5.74) is 10.1. The molecule has 256 valence electrons. The number of para-hydroxylation sites is 3. The molecule has 1 N–H and O–H groups in total. The highest BCUT2D eigenvalue weighted by Gasteiger charge is 2.21. The van der Waals surface area contributed by atoms with E-state index < -0.39 is 0 Å². The van der Waals surface area contributed by atoms with Gasteiger partial charge in [0.25, 0.3) is 0 Å². The third-order valence-corrected chi connectivity index (χ3v) is 11.0. The Morgan fingerprint density at radius 1 is 0.481 bits per heavy atom. The van der Waals surface area contributed by atoms with Crippen LogP contribution in [0.5, 0.6) is 0 Å². The fourth-order valence-corrected chi connectivity index (χ4v) is 8.45. The Kier molecular flexibility index (Phi) is 7.00. The van der Waals surface area contributed by atoms with Crippen LogP contribution in [0.2, 0.25) is 0 Å². The molecule has 54 heavy (non-hydrogen) atoms. The fourth-order valence-electron chi connectivity index (χ4n) is 8.45. The lowest BCUT2D eigenvalue weighted by molar-refractivity contribution is 0.540. The van der Waals surface area contributed by atoms with E-state index >= 15 is 0 Å². The van der Waals surface area contributed by atoms with Gasteiger partial charge in [-0.3, -0.25) is 4.57 Å². The SMILES string of the molecule is C1=C(c2cccc3ccccc23)[N-]C(c2ccc(-n3c4ccccc4c4cc5c6ccccc6n(-c6ccccc6)c5cc43)nc2)NC1c1ccccc1. The number of pyridine rings is 1. The first kappa shape index (κ1) is 30.7. The van der Waals surface area contributed by atoms with E-state index in [1.165, 1.54) is 48.9 Å². The Morgan fingerprint density at radius 3 is 1.85 bits per heavy atom. The van der Waals surface area contributed by atoms with Gasteiger partial charge in [-0.15, -0.1) is 5.70 Å². The van der Waals surface area contributed by atoms with E-state index in [0.29, 0.717) is 0 Å². The van der Waals surface area contributed by atoms with Crippen LogP contribution in [0.4, 0.5) is 0 Å². The van der Waals surface area contributed by atoms with Crippen LogP contribution in [-0.4, -0.2) is 14.1 Å². The minimum absolute atomic E-state index is 0.0153. The number of hydrogen-bond acceptors (Lipinski definition) is 2. The number of aromatic nitrogens is 3. The van der Waals surface area contributed by atoms with E-state index in [4.69, 9.17) is 10.3 Å². The number of rotatable bonds is 5. The first-order valence-electron chi connectivity index (χ1n) is 18.5. The summed E-state index contributed by atoms with van der Waals surface area (Å²) in [6.07, 6.45) is 3.96. The first-order chi connectivity index (χ1) is 26.8. The van der Waals surface area contributed by atoms with Gasteiger partial charge in [0, 0.05) is 39.5 Å². The van der Waals surface area contributed by atoms with E-state index in [9.17, 15) is 0 Å². The predicted octanol–water partition coefficient (Wildman–Crippen LogP) is 12.2. The molecule has 0 saturated carbocycles. The molecule has 3 aromatic heterocycles. The molecule has 10 aromatic rings. The summed E-state index contributed by atoms with van der Waals surface area (Å²) in [7, 11) is 0. The standard InChI is InChI=1S/C49H34N5/c1-3-15-33(16-4-1)42-29-43(37-23-13-17-32-14-7-8-20-36(32)37)52-49(51-42)34-26-27-48(50-31-34)54-45-25-12-10-22-39(45)41-28-40-38-21-9-11-24-44(38)53(46(40)30-47(41)54)35-18-5-2-6-19-35/h1-31,42,49,51H/q-1. The highest BCUT2D eigenvalue weighted by Crippen LogP contribution is 2.42. The van der Waals surface area contributed by atoms with Gasteiger partial charge in [0.2, 0.25) is 0 Å². The molecule has 0 spiro atoms. The molecule has 1 aliphatic rings. The fraction of sp³-hybridized carbons (Fsp3) is 0.0408. The van der Waals surface area contributed by atoms with Crippen molar-refractivity contribution >= 4 is 60.1 Å². The molecule has 0 saturated heterocycles. The Labute approximate surface area is 312 Å². The third kappa shape index (κ3) is 4.86. The number of fused-ring (bicyclic) bond motifs is 7. The van der Waals surface area contributed by atoms with Gasteiger partial charge in [-0.2, -0.15) is 0 Å². The lowest BCUT2D eigenvalue weighted by atomic mass is 9.96. The molecule has 0 aliphatic carbocycles. The van der Waals surface area contributed by atoms with E-state index in [0.717, 1.165) is 39.4 Å². The number of nitrogens with one attached hydrogen (secondary N) is 1. The average molecular weight is 693 g/mol. The van der Waals surface area contributed by atoms with E-state index in [2.05, 4.69) is 196 Å². The van der Waals surface area contributed by atoms with Gasteiger partial charge in [-0.05, 0) is 76.1 Å². The molecule has 7 aromatic carbocycles. The van der Waals surface area contributed by atoms with Gasteiger partial charge >= 0.3 is 0 Å². The lowest BCUT2D eigenvalue weighted by Gasteiger charge is -2.44. The topological polar surface area (TPSA) is 48.9 Å². The Bertz CT molecular complexity index is 3040. The second kappa shape index (κ2) is 12.3. The van der Waals surface area contributed by atoms with Crippen molar-refractivity contribution in [3.63, 3.8) is 0 Å². The normalized spacial score (nSPS) is 16.0. The summed E-state index contributed by atoms with van der Waals surface area (Å²) in [6.45, 7) is 0. The summed E-state index contributed by atoms with van der Waals surface area (Å²) in [4.78, 5) is 5.18. The molecule has 4 heterocycles. The maximum absolute atomic E-state index is 5.33. The predicted molar refractivity (Wildman–Crippen MR) is 223 cm³/mol. The van der Waals surface area contributed by atoms with Crippen molar-refractivity contribution in [2.75, 3.05) is 0 Å². The highest BCUT2D eigenvalue weighted by molar-refractivity contribution is 6.19. The second-order valence-corrected chi connectivity index (χ2v) is 14.0. The largest absolute Gasteiger partial charge is 0.666 e. The Hall–Kier alpha value is -6.95. The summed E-state index contributed by atoms with van der Waals surface area (Å²) >= 11 is 0. The van der Waals surface area contributed by atoms with Gasteiger partial charge in [-0.25, -0.2) is 4.98 Å². The van der Waals surface area contributed by atoms with Crippen LogP contribution in [-0.2, 0) is 0 Å². The summed E-state index contributed by atoms with van der Waals surface area (Å²) in [5.74, 6) is 0.868. The number of benzene rings is 7. The molecule has 2 atom stereocenters. The molecular weight excluding hydrogens is 659 g/mol. The molecular formula is C49H34N5-. The van der Waals surface area contributed by atoms with E-state index in [1.54, 1.807) is 0 Å². The molecule has 1 aliphatic heterocycles. The summed E-state index contributed by atoms with van der Waals surface area (Å²) < 4.78 is 4.68. The van der Waals surface area contributed by atoms with Crippen molar-refractivity contribution in [2.24, 2.45) is 0 Å². The molecule has 0 bridgehead atoms. The zero-order chi connectivity index (χ0) is 35.6. The van der Waals surface area contributed by atoms with Crippen molar-refractivity contribution in [3.8, 4) is 11.5 Å². The molecule has 11 rings (SSSR count). The lowest BCUT2D eigenvalue weighted by Crippen LogP contribution is -2.28. The zero-order valence-corrected chi connectivity index (χ0v) is 29.3. The minimum Gasteiger partial charge on any atom is -0.666 e. The second-order valence-electron chi connectivity index (χ2n) is 14.0. The summed E-state index contributed by atoms with van der Waals surface area (Å²) in [6, 6.07) is 62.6. The monoisotopic (exact) mass is 692 g/mol. The quantitative estimate of drug-likeness (QED) is 0.195. The van der Waals surface area contributed by atoms with E-state index in [-0.39, 0.29) is 12.2 Å². The average Bonchev–Trinajstić information content (AvgIpc) is 3.75. The van der Waals surface area contributed by atoms with Gasteiger partial charge < -0.3 is 15.2 Å². The van der Waals surface area contributed by atoms with Crippen molar-refractivity contribution in [2.45, 2.75) is 12.2 Å². The zero-order valence-electron chi connectivity index (χ0n) is 29.3. The molecule has 5 heteroatoms. The first-order valence-corrected chi connectivity index (χ1v) is 18.5.